The lowest BCUT2D eigenvalue weighted by Gasteiger charge is -2.13. The third-order valence-corrected chi connectivity index (χ3v) is 8.97. The van der Waals surface area contributed by atoms with E-state index >= 15 is 0 Å². The number of aryl methyl sites for hydroxylation is 3. The first kappa shape index (κ1) is 23.8. The summed E-state index contributed by atoms with van der Waals surface area (Å²) in [7, 11) is 0. The number of nitrogens with one attached hydrogen (secondary N) is 2. The van der Waals surface area contributed by atoms with Crippen LogP contribution < -0.4 is 10.6 Å². The Bertz CT molecular complexity index is 1650. The van der Waals surface area contributed by atoms with Gasteiger partial charge in [-0.1, -0.05) is 53.5 Å². The minimum absolute atomic E-state index is 0.328. The second-order valence-electron chi connectivity index (χ2n) is 8.45. The van der Waals surface area contributed by atoms with Crippen molar-refractivity contribution in [2.45, 2.75) is 20.8 Å². The predicted molar refractivity (Wildman–Crippen MR) is 150 cm³/mol. The summed E-state index contributed by atoms with van der Waals surface area (Å²) in [6, 6.07) is 17.3. The molecular formula is C27H20Cl2N2O2S2. The molecule has 2 N–H and O–H groups in total. The van der Waals surface area contributed by atoms with Crippen molar-refractivity contribution < 1.29 is 9.59 Å². The van der Waals surface area contributed by atoms with E-state index in [1.165, 1.54) is 22.7 Å². The van der Waals surface area contributed by atoms with Crippen LogP contribution in [0.15, 0.2) is 54.6 Å². The number of anilines is 2. The van der Waals surface area contributed by atoms with Crippen molar-refractivity contribution in [1.82, 2.24) is 0 Å². The maximum absolute atomic E-state index is 13.2. The second-order valence-corrected chi connectivity index (χ2v) is 11.3. The van der Waals surface area contributed by atoms with Crippen LogP contribution in [-0.2, 0) is 0 Å². The van der Waals surface area contributed by atoms with Gasteiger partial charge in [0, 0.05) is 20.2 Å². The zero-order valence-corrected chi connectivity index (χ0v) is 22.2. The predicted octanol–water partition coefficient (Wildman–Crippen LogP) is 8.85. The van der Waals surface area contributed by atoms with Gasteiger partial charge in [-0.2, -0.15) is 0 Å². The zero-order valence-electron chi connectivity index (χ0n) is 19.1. The van der Waals surface area contributed by atoms with Gasteiger partial charge in [0.2, 0.25) is 0 Å². The van der Waals surface area contributed by atoms with Crippen LogP contribution >= 0.6 is 45.9 Å². The van der Waals surface area contributed by atoms with Crippen LogP contribution in [0, 0.1) is 20.8 Å². The normalized spacial score (nSPS) is 11.2. The summed E-state index contributed by atoms with van der Waals surface area (Å²) in [5.41, 5.74) is 4.10. The molecule has 0 saturated carbocycles. The number of rotatable bonds is 4. The van der Waals surface area contributed by atoms with Crippen LogP contribution in [0.1, 0.15) is 36.0 Å². The Morgan fingerprint density at radius 1 is 0.629 bits per heavy atom. The average Bonchev–Trinajstić information content (AvgIpc) is 3.31. The number of hydrogen-bond acceptors (Lipinski definition) is 4. The Labute approximate surface area is 220 Å². The van der Waals surface area contributed by atoms with Gasteiger partial charge in [-0.05, 0) is 61.7 Å². The number of carbonyl (C=O) groups is 2. The van der Waals surface area contributed by atoms with Crippen LogP contribution in [0.2, 0.25) is 10.0 Å². The number of amides is 2. The molecule has 2 heterocycles. The largest absolute Gasteiger partial charge is 0.319 e. The molecule has 0 aliphatic heterocycles. The van der Waals surface area contributed by atoms with E-state index in [4.69, 9.17) is 23.2 Å². The van der Waals surface area contributed by atoms with Gasteiger partial charge in [0.15, 0.2) is 0 Å². The van der Waals surface area contributed by atoms with Crippen LogP contribution in [0.5, 0.6) is 0 Å². The Morgan fingerprint density at radius 3 is 1.57 bits per heavy atom. The van der Waals surface area contributed by atoms with Crippen molar-refractivity contribution in [3.63, 3.8) is 0 Å². The van der Waals surface area contributed by atoms with Crippen LogP contribution in [0.3, 0.4) is 0 Å². The van der Waals surface area contributed by atoms with Crippen molar-refractivity contribution >= 4 is 89.2 Å². The molecule has 0 aliphatic carbocycles. The highest BCUT2D eigenvalue weighted by Crippen LogP contribution is 2.38. The third kappa shape index (κ3) is 4.55. The highest BCUT2D eigenvalue weighted by atomic mass is 35.5. The van der Waals surface area contributed by atoms with Gasteiger partial charge in [0.1, 0.15) is 9.75 Å². The minimum Gasteiger partial charge on any atom is -0.319 e. The summed E-state index contributed by atoms with van der Waals surface area (Å²) in [5, 5.41) is 8.39. The fourth-order valence-electron chi connectivity index (χ4n) is 3.87. The molecule has 2 amide bonds. The Balaban J connectivity index is 1.45. The Hall–Kier alpha value is -2.90. The molecular weight excluding hydrogens is 519 g/mol. The second kappa shape index (κ2) is 9.28. The zero-order chi connectivity index (χ0) is 24.9. The maximum Gasteiger partial charge on any atom is 0.267 e. The van der Waals surface area contributed by atoms with Gasteiger partial charge in [-0.3, -0.25) is 9.59 Å². The smallest absolute Gasteiger partial charge is 0.267 e. The molecule has 35 heavy (non-hydrogen) atoms. The molecule has 0 radical (unpaired) electrons. The summed E-state index contributed by atoms with van der Waals surface area (Å²) in [6.07, 6.45) is 0. The van der Waals surface area contributed by atoms with E-state index in [1.807, 2.05) is 69.3 Å². The van der Waals surface area contributed by atoms with E-state index in [1.54, 1.807) is 6.07 Å². The molecule has 176 valence electrons. The van der Waals surface area contributed by atoms with Gasteiger partial charge in [-0.15, -0.1) is 22.7 Å². The summed E-state index contributed by atoms with van der Waals surface area (Å²) in [4.78, 5) is 27.2. The summed E-state index contributed by atoms with van der Waals surface area (Å²) >= 11 is 15.8. The minimum atomic E-state index is -0.330. The molecule has 4 nitrogen and oxygen atoms in total. The summed E-state index contributed by atoms with van der Waals surface area (Å²) in [5.74, 6) is -0.658. The van der Waals surface area contributed by atoms with Crippen molar-refractivity contribution in [1.29, 1.82) is 0 Å². The molecule has 5 aromatic rings. The van der Waals surface area contributed by atoms with Crippen molar-refractivity contribution in [3.8, 4) is 0 Å². The SMILES string of the molecule is Cc1ccc(NC(=O)c2sc3cc(C)ccc3c2Cl)c(NC(=O)c2sc3cc(C)ccc3c2Cl)c1. The molecule has 0 bridgehead atoms. The average molecular weight is 540 g/mol. The fourth-order valence-corrected chi connectivity index (χ4v) is 6.89. The number of thiophene rings is 2. The molecule has 8 heteroatoms. The molecule has 0 spiro atoms. The molecule has 0 atom stereocenters. The Morgan fingerprint density at radius 2 is 1.06 bits per heavy atom. The van der Waals surface area contributed by atoms with E-state index < -0.39 is 0 Å². The van der Waals surface area contributed by atoms with Crippen LogP contribution in [0.25, 0.3) is 20.2 Å². The number of benzene rings is 3. The topological polar surface area (TPSA) is 58.2 Å². The van der Waals surface area contributed by atoms with Gasteiger partial charge in [0.05, 0.1) is 21.4 Å². The fraction of sp³-hybridized carbons (Fsp3) is 0.111. The van der Waals surface area contributed by atoms with E-state index in [9.17, 15) is 9.59 Å². The van der Waals surface area contributed by atoms with Crippen molar-refractivity contribution in [2.24, 2.45) is 0 Å². The van der Waals surface area contributed by atoms with Gasteiger partial charge >= 0.3 is 0 Å². The monoisotopic (exact) mass is 538 g/mol. The van der Waals surface area contributed by atoms with E-state index in [2.05, 4.69) is 10.6 Å². The van der Waals surface area contributed by atoms with Crippen molar-refractivity contribution in [2.75, 3.05) is 10.6 Å². The standard InChI is InChI=1S/C27H20Cl2N2O2S2/c1-13-6-9-18(30-26(32)24-22(28)16-7-4-14(2)11-20(16)34-24)19(10-13)31-27(33)25-23(29)17-8-5-15(3)12-21(17)35-25/h4-12H,1-3H3,(H,30,32)(H,31,33). The van der Waals surface area contributed by atoms with E-state index in [-0.39, 0.29) is 11.8 Å². The molecule has 0 saturated heterocycles. The number of hydrogen-bond donors (Lipinski definition) is 2. The van der Waals surface area contributed by atoms with Crippen LogP contribution in [-0.4, -0.2) is 11.8 Å². The number of carbonyl (C=O) groups excluding carboxylic acids is 2. The molecule has 0 aliphatic rings. The first-order valence-electron chi connectivity index (χ1n) is 10.8. The lowest BCUT2D eigenvalue weighted by molar-refractivity contribution is 0.102. The molecule has 5 rings (SSSR count). The molecule has 0 fully saturated rings. The highest BCUT2D eigenvalue weighted by molar-refractivity contribution is 7.22. The van der Waals surface area contributed by atoms with Crippen LogP contribution in [0.4, 0.5) is 11.4 Å². The molecule has 3 aromatic carbocycles. The third-order valence-electron chi connectivity index (χ3n) is 5.65. The lowest BCUT2D eigenvalue weighted by atomic mass is 10.1. The van der Waals surface area contributed by atoms with Gasteiger partial charge in [-0.25, -0.2) is 0 Å². The van der Waals surface area contributed by atoms with Gasteiger partial charge in [0.25, 0.3) is 11.8 Å². The quantitative estimate of drug-likeness (QED) is 0.240. The highest BCUT2D eigenvalue weighted by Gasteiger charge is 2.21. The Kier molecular flexibility index (Phi) is 6.32. The number of fused-ring (bicyclic) bond motifs is 2. The molecule has 2 aromatic heterocycles. The lowest BCUT2D eigenvalue weighted by Crippen LogP contribution is -2.16. The summed E-state index contributed by atoms with van der Waals surface area (Å²) < 4.78 is 1.90. The summed E-state index contributed by atoms with van der Waals surface area (Å²) in [6.45, 7) is 5.91. The maximum atomic E-state index is 13.2. The van der Waals surface area contributed by atoms with Crippen molar-refractivity contribution in [3.05, 3.63) is 91.1 Å². The number of halogens is 2. The first-order valence-corrected chi connectivity index (χ1v) is 13.2. The van der Waals surface area contributed by atoms with Gasteiger partial charge < -0.3 is 10.6 Å². The van der Waals surface area contributed by atoms with E-state index in [0.29, 0.717) is 31.2 Å². The first-order chi connectivity index (χ1) is 16.7. The van der Waals surface area contributed by atoms with E-state index in [0.717, 1.165) is 36.9 Å². The molecule has 0 unspecified atom stereocenters.